The van der Waals surface area contributed by atoms with Gasteiger partial charge in [-0.1, -0.05) is 121 Å². The van der Waals surface area contributed by atoms with Gasteiger partial charge in [-0.3, -0.25) is 0 Å². The molecule has 3 heterocycles. The van der Waals surface area contributed by atoms with Gasteiger partial charge in [-0.25, -0.2) is 0 Å². The third-order valence-electron chi connectivity index (χ3n) is 9.54. The maximum absolute atomic E-state index is 9.91. The highest BCUT2D eigenvalue weighted by Crippen LogP contribution is 2.39. The van der Waals surface area contributed by atoms with Crippen LogP contribution in [0.25, 0.3) is 93.6 Å². The van der Waals surface area contributed by atoms with Crippen LogP contribution < -0.4 is 0 Å². The molecule has 0 aliphatic heterocycles. The van der Waals surface area contributed by atoms with Crippen LogP contribution in [-0.2, 0) is 0 Å². The molecule has 11 aromatic rings. The van der Waals surface area contributed by atoms with Gasteiger partial charge in [0.15, 0.2) is 0 Å². The molecule has 0 atom stereocenters. The average Bonchev–Trinajstić information content (AvgIpc) is 3.99. The number of para-hydroxylation sites is 6. The molecule has 0 saturated heterocycles. The third kappa shape index (κ3) is 4.06. The summed E-state index contributed by atoms with van der Waals surface area (Å²) in [6, 6.07) is 22.1. The van der Waals surface area contributed by atoms with Gasteiger partial charge >= 0.3 is 0 Å². The topological polar surface area (TPSA) is 14.8 Å². The van der Waals surface area contributed by atoms with Gasteiger partial charge in [0.25, 0.3) is 0 Å². The number of nitrogens with zero attached hydrogens (tertiary/aromatic N) is 3. The molecule has 238 valence electrons. The van der Waals surface area contributed by atoms with E-state index < -0.39 is 60.4 Å². The maximum atomic E-state index is 9.91. The molecule has 0 spiro atoms. The molecule has 3 nitrogen and oxygen atoms in total. The molecular formula is C48H31N3. The lowest BCUT2D eigenvalue weighted by Gasteiger charge is -2.15. The highest BCUT2D eigenvalue weighted by atomic mass is 15.0. The highest BCUT2D eigenvalue weighted by molar-refractivity contribution is 6.13. The molecular weight excluding hydrogens is 619 g/mol. The Kier molecular flexibility index (Phi) is 3.65. The van der Waals surface area contributed by atoms with E-state index in [0.717, 1.165) is 0 Å². The molecule has 0 aliphatic carbocycles. The second-order valence-electron chi connectivity index (χ2n) is 12.2. The minimum atomic E-state index is -0.577. The number of hydrogen-bond acceptors (Lipinski definition) is 0. The van der Waals surface area contributed by atoms with Crippen LogP contribution in [-0.4, -0.2) is 13.7 Å². The van der Waals surface area contributed by atoms with Crippen LogP contribution in [0.2, 0.25) is 0 Å². The Morgan fingerprint density at radius 2 is 0.882 bits per heavy atom. The van der Waals surface area contributed by atoms with Gasteiger partial charge in [-0.2, -0.15) is 0 Å². The second-order valence-corrected chi connectivity index (χ2v) is 12.2. The van der Waals surface area contributed by atoms with Crippen molar-refractivity contribution in [1.82, 2.24) is 13.7 Å². The van der Waals surface area contributed by atoms with Gasteiger partial charge in [-0.15, -0.1) is 0 Å². The molecule has 3 aromatic heterocycles. The Morgan fingerprint density at radius 1 is 0.353 bits per heavy atom. The molecule has 0 saturated carbocycles. The molecule has 8 aromatic carbocycles. The van der Waals surface area contributed by atoms with Gasteiger partial charge in [-0.05, 0) is 72.1 Å². The third-order valence-corrected chi connectivity index (χ3v) is 9.54. The van der Waals surface area contributed by atoms with Crippen LogP contribution >= 0.6 is 0 Å². The lowest BCUT2D eigenvalue weighted by Crippen LogP contribution is -1.98. The Hall–Kier alpha value is -6.84. The minimum Gasteiger partial charge on any atom is -0.309 e. The van der Waals surface area contributed by atoms with E-state index in [1.807, 2.05) is 54.6 Å². The number of rotatable bonds is 4. The number of benzene rings is 8. The standard InChI is InChI=1S/C48H31N3/c1-7-22-42(51-46-26-11-4-19-38(46)39-20-5-12-27-47(39)51)35(16-1)32-14-13-15-33(30-32)49-45-25-10-6-21-40(45)41-31-34(28-29-48(41)49)50-43-23-8-2-17-36(43)37-18-3-9-24-44(37)50/h1-31H/i2D,4D,6D,8D,10D,11D,17D,19D,21D,23D,25D,26D,28D,29D,31D. The van der Waals surface area contributed by atoms with Crippen molar-refractivity contribution in [3.63, 3.8) is 0 Å². The first kappa shape index (κ1) is 17.2. The van der Waals surface area contributed by atoms with E-state index >= 15 is 0 Å². The van der Waals surface area contributed by atoms with Crippen molar-refractivity contribution < 1.29 is 20.6 Å². The first-order chi connectivity index (χ1) is 31.6. The summed E-state index contributed by atoms with van der Waals surface area (Å²) in [6.45, 7) is 0. The molecule has 51 heavy (non-hydrogen) atoms. The molecule has 0 N–H and O–H groups in total. The normalized spacial score (nSPS) is 16.0. The average molecular weight is 665 g/mol. The van der Waals surface area contributed by atoms with E-state index in [2.05, 4.69) is 0 Å². The van der Waals surface area contributed by atoms with Crippen molar-refractivity contribution in [2.24, 2.45) is 0 Å². The number of aromatic nitrogens is 3. The Labute approximate surface area is 315 Å². The van der Waals surface area contributed by atoms with E-state index in [9.17, 15) is 6.85 Å². The van der Waals surface area contributed by atoms with Gasteiger partial charge in [0.05, 0.1) is 59.3 Å². The SMILES string of the molecule is [2H]c1c([2H])c([2H])c2c(c1[2H])c1ccccc1n2-c1ccccc1-c1cccc(-n2c3c([2H])c([2H])c([2H])c([2H])c3c3c([2H])c(-n4c5ccccc5c5c([2H])c([2H])c([2H])c([2H])c54)c([2H])c([2H])c32)c1. The van der Waals surface area contributed by atoms with Gasteiger partial charge in [0.1, 0.15) is 0 Å². The molecule has 0 aliphatic rings. The van der Waals surface area contributed by atoms with Crippen molar-refractivity contribution in [2.45, 2.75) is 0 Å². The molecule has 11 rings (SSSR count). The van der Waals surface area contributed by atoms with Crippen molar-refractivity contribution in [1.29, 1.82) is 0 Å². The zero-order valence-corrected chi connectivity index (χ0v) is 26.6. The quantitative estimate of drug-likeness (QED) is 0.178. The summed E-state index contributed by atoms with van der Waals surface area (Å²) in [5.74, 6) is 0. The highest BCUT2D eigenvalue weighted by Gasteiger charge is 2.18. The second kappa shape index (κ2) is 10.8. The Bertz CT molecular complexity index is 4020. The summed E-state index contributed by atoms with van der Waals surface area (Å²) in [5.41, 5.74) is 3.05. The summed E-state index contributed by atoms with van der Waals surface area (Å²) in [4.78, 5) is 0. The molecule has 0 amide bonds. The zero-order valence-electron chi connectivity index (χ0n) is 41.6. The van der Waals surface area contributed by atoms with Crippen LogP contribution in [0.15, 0.2) is 188 Å². The monoisotopic (exact) mass is 664 g/mol. The van der Waals surface area contributed by atoms with Crippen molar-refractivity contribution in [3.8, 4) is 28.2 Å². The van der Waals surface area contributed by atoms with E-state index in [1.165, 1.54) is 9.13 Å². The van der Waals surface area contributed by atoms with Crippen molar-refractivity contribution >= 4 is 65.4 Å². The van der Waals surface area contributed by atoms with E-state index in [1.54, 1.807) is 47.0 Å². The summed E-state index contributed by atoms with van der Waals surface area (Å²) in [5, 5.41) is 1.43. The smallest absolute Gasteiger partial charge is 0.0652 e. The summed E-state index contributed by atoms with van der Waals surface area (Å²) in [6.07, 6.45) is 0. The number of fused-ring (bicyclic) bond motifs is 9. The lowest BCUT2D eigenvalue weighted by molar-refractivity contribution is 1.16. The molecule has 0 bridgehead atoms. The van der Waals surface area contributed by atoms with Crippen LogP contribution in [0, 0.1) is 0 Å². The van der Waals surface area contributed by atoms with Crippen LogP contribution in [0.3, 0.4) is 0 Å². The predicted octanol–water partition coefficient (Wildman–Crippen LogP) is 12.6. The van der Waals surface area contributed by atoms with Crippen molar-refractivity contribution in [3.05, 3.63) is 188 Å². The molecule has 0 radical (unpaired) electrons. The lowest BCUT2D eigenvalue weighted by atomic mass is 10.0. The summed E-state index contributed by atoms with van der Waals surface area (Å²) >= 11 is 0. The van der Waals surface area contributed by atoms with E-state index in [0.29, 0.717) is 49.7 Å². The predicted molar refractivity (Wildman–Crippen MR) is 215 cm³/mol. The molecule has 0 unspecified atom stereocenters. The fourth-order valence-electron chi connectivity index (χ4n) is 7.42. The van der Waals surface area contributed by atoms with Crippen LogP contribution in [0.5, 0.6) is 0 Å². The molecule has 0 fully saturated rings. The first-order valence-electron chi connectivity index (χ1n) is 23.8. The van der Waals surface area contributed by atoms with Crippen LogP contribution in [0.4, 0.5) is 0 Å². The summed E-state index contributed by atoms with van der Waals surface area (Å²) in [7, 11) is 0. The Morgan fingerprint density at radius 3 is 1.59 bits per heavy atom. The van der Waals surface area contributed by atoms with E-state index in [4.69, 9.17) is 13.7 Å². The summed E-state index contributed by atoms with van der Waals surface area (Å²) < 4.78 is 140. The largest absolute Gasteiger partial charge is 0.309 e. The van der Waals surface area contributed by atoms with Gasteiger partial charge in [0.2, 0.25) is 0 Å². The van der Waals surface area contributed by atoms with Gasteiger partial charge in [0, 0.05) is 49.3 Å². The maximum Gasteiger partial charge on any atom is 0.0652 e. The zero-order chi connectivity index (χ0) is 46.5. The van der Waals surface area contributed by atoms with Crippen LogP contribution in [0.1, 0.15) is 20.6 Å². The fraction of sp³-hybridized carbons (Fsp3) is 0. The minimum absolute atomic E-state index is 0.0150. The van der Waals surface area contributed by atoms with Gasteiger partial charge < -0.3 is 13.7 Å². The molecule has 3 heteroatoms. The fourth-order valence-corrected chi connectivity index (χ4v) is 7.42. The first-order valence-corrected chi connectivity index (χ1v) is 16.3. The van der Waals surface area contributed by atoms with Crippen molar-refractivity contribution in [2.75, 3.05) is 0 Å². The van der Waals surface area contributed by atoms with E-state index in [-0.39, 0.29) is 74.1 Å². The number of hydrogen-bond donors (Lipinski definition) is 0. The Balaban J connectivity index is 1.24.